The van der Waals surface area contributed by atoms with Crippen LogP contribution in [0.2, 0.25) is 0 Å². The Morgan fingerprint density at radius 2 is 1.83 bits per heavy atom. The summed E-state index contributed by atoms with van der Waals surface area (Å²) in [6.07, 6.45) is 2.99. The topological polar surface area (TPSA) is 32.3 Å². The van der Waals surface area contributed by atoms with E-state index in [0.29, 0.717) is 0 Å². The van der Waals surface area contributed by atoms with Crippen LogP contribution in [0.1, 0.15) is 34.8 Å². The minimum Gasteiger partial charge on any atom is -0.375 e. The average molecular weight is 308 g/mol. The van der Waals surface area contributed by atoms with E-state index in [2.05, 4.69) is 48.5 Å². The summed E-state index contributed by atoms with van der Waals surface area (Å²) in [5, 5.41) is 3.19. The highest BCUT2D eigenvalue weighted by molar-refractivity contribution is 5.94. The molecule has 0 aromatic heterocycles. The molecule has 1 N–H and O–H groups in total. The molecular formula is C20H24N2O. The second-order valence-corrected chi connectivity index (χ2v) is 6.24. The number of nitrogens with zero attached hydrogens (tertiary/aromatic N) is 1. The first-order chi connectivity index (χ1) is 11.2. The number of aryl methyl sites for hydroxylation is 1. The zero-order chi connectivity index (χ0) is 16.2. The van der Waals surface area contributed by atoms with E-state index in [0.717, 1.165) is 37.1 Å². The van der Waals surface area contributed by atoms with Gasteiger partial charge in [-0.2, -0.15) is 0 Å². The van der Waals surface area contributed by atoms with Crippen molar-refractivity contribution in [3.8, 4) is 0 Å². The van der Waals surface area contributed by atoms with Crippen molar-refractivity contribution >= 4 is 11.6 Å². The molecule has 0 spiro atoms. The summed E-state index contributed by atoms with van der Waals surface area (Å²) >= 11 is 0. The largest absolute Gasteiger partial charge is 0.375 e. The Morgan fingerprint density at radius 3 is 2.52 bits per heavy atom. The van der Waals surface area contributed by atoms with Crippen LogP contribution in [0.4, 0.5) is 5.69 Å². The molecule has 1 aliphatic carbocycles. The normalized spacial score (nSPS) is 16.5. The Hall–Kier alpha value is -2.29. The lowest BCUT2D eigenvalue weighted by Crippen LogP contribution is -2.38. The Morgan fingerprint density at radius 1 is 1.13 bits per heavy atom. The molecule has 0 fully saturated rings. The molecule has 0 bridgehead atoms. The number of benzene rings is 2. The summed E-state index contributed by atoms with van der Waals surface area (Å²) in [6, 6.07) is 16.6. The minimum atomic E-state index is 0.0279. The van der Waals surface area contributed by atoms with Gasteiger partial charge in [-0.25, -0.2) is 0 Å². The fraction of sp³-hybridized carbons (Fsp3) is 0.350. The van der Waals surface area contributed by atoms with E-state index in [1.54, 1.807) is 0 Å². The van der Waals surface area contributed by atoms with Gasteiger partial charge < -0.3 is 10.2 Å². The van der Waals surface area contributed by atoms with Crippen LogP contribution in [0.25, 0.3) is 0 Å². The third-order valence-corrected chi connectivity index (χ3v) is 4.73. The lowest BCUT2D eigenvalue weighted by molar-refractivity contribution is 0.0933. The molecule has 120 valence electrons. The maximum atomic E-state index is 12.5. The van der Waals surface area contributed by atoms with Crippen LogP contribution >= 0.6 is 0 Å². The molecule has 23 heavy (non-hydrogen) atoms. The maximum Gasteiger partial charge on any atom is 0.251 e. The summed E-state index contributed by atoms with van der Waals surface area (Å²) in [5.74, 6) is 0.0279. The summed E-state index contributed by atoms with van der Waals surface area (Å²) < 4.78 is 0. The Kier molecular flexibility index (Phi) is 4.65. The molecule has 0 aliphatic heterocycles. The number of fused-ring (bicyclic) bond motifs is 1. The van der Waals surface area contributed by atoms with Crippen molar-refractivity contribution in [1.29, 1.82) is 0 Å². The van der Waals surface area contributed by atoms with Gasteiger partial charge in [-0.05, 0) is 61.6 Å². The first-order valence-electron chi connectivity index (χ1n) is 8.36. The van der Waals surface area contributed by atoms with Crippen LogP contribution < -0.4 is 10.2 Å². The molecule has 0 saturated carbocycles. The van der Waals surface area contributed by atoms with Gasteiger partial charge in [-0.3, -0.25) is 4.79 Å². The second kappa shape index (κ2) is 6.86. The SMILES string of the molecule is CCN(C)c1ccc(C(=O)NC2CCc3ccccc3C2)cc1. The van der Waals surface area contributed by atoms with Gasteiger partial charge in [0.15, 0.2) is 0 Å². The van der Waals surface area contributed by atoms with Crippen LogP contribution in [0.15, 0.2) is 48.5 Å². The Bertz CT molecular complexity index is 678. The van der Waals surface area contributed by atoms with Gasteiger partial charge in [0, 0.05) is 30.9 Å². The highest BCUT2D eigenvalue weighted by Crippen LogP contribution is 2.21. The van der Waals surface area contributed by atoms with Crippen LogP contribution in [0.3, 0.4) is 0 Å². The fourth-order valence-corrected chi connectivity index (χ4v) is 3.14. The fourth-order valence-electron chi connectivity index (χ4n) is 3.14. The van der Waals surface area contributed by atoms with Crippen molar-refractivity contribution in [1.82, 2.24) is 5.32 Å². The molecule has 1 atom stereocenters. The summed E-state index contributed by atoms with van der Waals surface area (Å²) in [7, 11) is 2.05. The predicted molar refractivity (Wildman–Crippen MR) is 95.1 cm³/mol. The van der Waals surface area contributed by atoms with Crippen molar-refractivity contribution in [2.24, 2.45) is 0 Å². The van der Waals surface area contributed by atoms with E-state index < -0.39 is 0 Å². The highest BCUT2D eigenvalue weighted by atomic mass is 16.1. The molecule has 3 heteroatoms. The number of carbonyl (C=O) groups is 1. The number of nitrogens with one attached hydrogen (secondary N) is 1. The minimum absolute atomic E-state index is 0.0279. The molecule has 2 aromatic carbocycles. The van der Waals surface area contributed by atoms with E-state index in [4.69, 9.17) is 0 Å². The summed E-state index contributed by atoms with van der Waals surface area (Å²) in [5.41, 5.74) is 4.65. The number of amides is 1. The van der Waals surface area contributed by atoms with Crippen molar-refractivity contribution in [2.75, 3.05) is 18.5 Å². The van der Waals surface area contributed by atoms with Gasteiger partial charge in [-0.15, -0.1) is 0 Å². The Labute approximate surface area is 138 Å². The quantitative estimate of drug-likeness (QED) is 0.938. The third kappa shape index (κ3) is 3.55. The summed E-state index contributed by atoms with van der Waals surface area (Å²) in [6.45, 7) is 3.06. The zero-order valence-electron chi connectivity index (χ0n) is 13.9. The lowest BCUT2D eigenvalue weighted by atomic mass is 9.88. The van der Waals surface area contributed by atoms with Crippen LogP contribution in [0, 0.1) is 0 Å². The number of rotatable bonds is 4. The zero-order valence-corrected chi connectivity index (χ0v) is 13.9. The van der Waals surface area contributed by atoms with Crippen LogP contribution in [-0.2, 0) is 12.8 Å². The van der Waals surface area contributed by atoms with Gasteiger partial charge in [0.2, 0.25) is 0 Å². The molecule has 0 saturated heterocycles. The molecule has 2 aromatic rings. The van der Waals surface area contributed by atoms with Crippen molar-refractivity contribution in [3.63, 3.8) is 0 Å². The molecule has 3 nitrogen and oxygen atoms in total. The van der Waals surface area contributed by atoms with Gasteiger partial charge in [0.05, 0.1) is 0 Å². The monoisotopic (exact) mass is 308 g/mol. The predicted octanol–water partition coefficient (Wildman–Crippen LogP) is 3.43. The van der Waals surface area contributed by atoms with Gasteiger partial charge in [0.1, 0.15) is 0 Å². The second-order valence-electron chi connectivity index (χ2n) is 6.24. The first-order valence-corrected chi connectivity index (χ1v) is 8.36. The van der Waals surface area contributed by atoms with Crippen molar-refractivity contribution < 1.29 is 4.79 Å². The molecule has 1 amide bonds. The molecule has 1 aliphatic rings. The number of anilines is 1. The van der Waals surface area contributed by atoms with Crippen molar-refractivity contribution in [3.05, 3.63) is 65.2 Å². The van der Waals surface area contributed by atoms with E-state index >= 15 is 0 Å². The van der Waals surface area contributed by atoms with Crippen LogP contribution in [-0.4, -0.2) is 25.5 Å². The van der Waals surface area contributed by atoms with E-state index in [-0.39, 0.29) is 11.9 Å². The molecule has 3 rings (SSSR count). The van der Waals surface area contributed by atoms with E-state index in [9.17, 15) is 4.79 Å². The van der Waals surface area contributed by atoms with Crippen molar-refractivity contribution in [2.45, 2.75) is 32.2 Å². The average Bonchev–Trinajstić information content (AvgIpc) is 2.61. The number of hydrogen-bond acceptors (Lipinski definition) is 2. The highest BCUT2D eigenvalue weighted by Gasteiger charge is 2.20. The molecule has 0 heterocycles. The lowest BCUT2D eigenvalue weighted by Gasteiger charge is -2.25. The smallest absolute Gasteiger partial charge is 0.251 e. The Balaban J connectivity index is 1.64. The van der Waals surface area contributed by atoms with Gasteiger partial charge in [-0.1, -0.05) is 24.3 Å². The van der Waals surface area contributed by atoms with E-state index in [1.165, 1.54) is 11.1 Å². The summed E-state index contributed by atoms with van der Waals surface area (Å²) in [4.78, 5) is 14.6. The standard InChI is InChI=1S/C20H24N2O/c1-3-22(2)19-12-9-16(10-13-19)20(23)21-18-11-8-15-6-4-5-7-17(15)14-18/h4-7,9-10,12-13,18H,3,8,11,14H2,1-2H3,(H,21,23). The number of carbonyl (C=O) groups excluding carboxylic acids is 1. The molecular weight excluding hydrogens is 284 g/mol. The molecule has 1 unspecified atom stereocenters. The van der Waals surface area contributed by atoms with Gasteiger partial charge >= 0.3 is 0 Å². The van der Waals surface area contributed by atoms with E-state index in [1.807, 2.05) is 24.3 Å². The molecule has 0 radical (unpaired) electrons. The first kappa shape index (κ1) is 15.6. The third-order valence-electron chi connectivity index (χ3n) is 4.73. The van der Waals surface area contributed by atoms with Gasteiger partial charge in [0.25, 0.3) is 5.91 Å². The maximum absolute atomic E-state index is 12.5. The number of hydrogen-bond donors (Lipinski definition) is 1. The van der Waals surface area contributed by atoms with Crippen LogP contribution in [0.5, 0.6) is 0 Å².